The van der Waals surface area contributed by atoms with Crippen molar-refractivity contribution >= 4 is 22.8 Å². The second kappa shape index (κ2) is 6.39. The number of fused-ring (bicyclic) bond motifs is 2. The number of carbonyl (C=O) groups is 1. The van der Waals surface area contributed by atoms with Gasteiger partial charge in [0.15, 0.2) is 5.65 Å². The molecule has 1 aliphatic rings. The lowest BCUT2D eigenvalue weighted by atomic mass is 9.93. The van der Waals surface area contributed by atoms with Crippen LogP contribution in [0.25, 0.3) is 33.8 Å². The van der Waals surface area contributed by atoms with E-state index in [0.29, 0.717) is 23.6 Å². The van der Waals surface area contributed by atoms with Gasteiger partial charge in [-0.25, -0.2) is 24.9 Å². The Hall–Kier alpha value is -3.72. The summed E-state index contributed by atoms with van der Waals surface area (Å²) in [7, 11) is 0. The van der Waals surface area contributed by atoms with E-state index in [9.17, 15) is 4.79 Å². The van der Waals surface area contributed by atoms with Gasteiger partial charge in [0.2, 0.25) is 5.91 Å². The maximum Gasteiger partial charge on any atom is 0.248 e. The van der Waals surface area contributed by atoms with Crippen LogP contribution in [0.1, 0.15) is 25.2 Å². The number of benzene rings is 1. The summed E-state index contributed by atoms with van der Waals surface area (Å²) in [5.41, 5.74) is 10.3. The molecule has 4 aromatic rings. The van der Waals surface area contributed by atoms with Crippen molar-refractivity contribution in [3.8, 4) is 22.6 Å². The summed E-state index contributed by atoms with van der Waals surface area (Å²) in [6.07, 6.45) is 5.05. The van der Waals surface area contributed by atoms with Crippen molar-refractivity contribution in [2.75, 3.05) is 5.32 Å². The minimum Gasteiger partial charge on any atom is -0.324 e. The van der Waals surface area contributed by atoms with Crippen LogP contribution in [0, 0.1) is 6.92 Å². The van der Waals surface area contributed by atoms with Crippen LogP contribution in [-0.4, -0.2) is 35.4 Å². The van der Waals surface area contributed by atoms with Crippen molar-refractivity contribution in [3.05, 3.63) is 48.3 Å². The molecular weight excluding hydrogens is 380 g/mol. The van der Waals surface area contributed by atoms with Gasteiger partial charge in [0.05, 0.1) is 5.56 Å². The van der Waals surface area contributed by atoms with Crippen molar-refractivity contribution < 1.29 is 4.79 Å². The van der Waals surface area contributed by atoms with E-state index in [0.717, 1.165) is 33.8 Å². The molecule has 4 heterocycles. The first-order valence-corrected chi connectivity index (χ1v) is 9.65. The third-order valence-electron chi connectivity index (χ3n) is 5.46. The Morgan fingerprint density at radius 1 is 1.13 bits per heavy atom. The van der Waals surface area contributed by atoms with E-state index in [4.69, 9.17) is 10.7 Å². The maximum absolute atomic E-state index is 12.2. The second-order valence-electron chi connectivity index (χ2n) is 7.51. The molecule has 1 aromatic carbocycles. The Labute approximate surface area is 172 Å². The highest BCUT2D eigenvalue weighted by molar-refractivity contribution is 6.06. The summed E-state index contributed by atoms with van der Waals surface area (Å²) in [5.74, 6) is 1.21. The first-order chi connectivity index (χ1) is 14.4. The molecule has 30 heavy (non-hydrogen) atoms. The first kappa shape index (κ1) is 18.3. The topological polar surface area (TPSA) is 124 Å². The van der Waals surface area contributed by atoms with Gasteiger partial charge in [-0.1, -0.05) is 6.07 Å². The van der Waals surface area contributed by atoms with Gasteiger partial charge in [-0.15, -0.1) is 0 Å². The summed E-state index contributed by atoms with van der Waals surface area (Å²) >= 11 is 0. The molecule has 1 aliphatic heterocycles. The van der Waals surface area contributed by atoms with Crippen LogP contribution < -0.4 is 11.1 Å². The van der Waals surface area contributed by atoms with E-state index >= 15 is 0 Å². The molecule has 0 fully saturated rings. The zero-order valence-corrected chi connectivity index (χ0v) is 16.8. The van der Waals surface area contributed by atoms with Crippen LogP contribution in [0.4, 0.5) is 5.69 Å². The minimum atomic E-state index is -1.09. The quantitative estimate of drug-likeness (QED) is 0.541. The Morgan fingerprint density at radius 3 is 2.63 bits per heavy atom. The predicted molar refractivity (Wildman–Crippen MR) is 112 cm³/mol. The van der Waals surface area contributed by atoms with Gasteiger partial charge in [-0.3, -0.25) is 4.79 Å². The number of nitrogens with zero attached hydrogens (tertiary/aromatic N) is 6. The lowest BCUT2D eigenvalue weighted by Gasteiger charge is -2.15. The number of anilines is 1. The third-order valence-corrected chi connectivity index (χ3v) is 5.46. The molecule has 3 N–H and O–H groups in total. The van der Waals surface area contributed by atoms with Gasteiger partial charge >= 0.3 is 0 Å². The molecule has 0 saturated heterocycles. The van der Waals surface area contributed by atoms with Crippen molar-refractivity contribution in [2.45, 2.75) is 32.9 Å². The number of nitrogens with one attached hydrogen (secondary N) is 1. The highest BCUT2D eigenvalue weighted by Gasteiger charge is 2.39. The molecule has 0 saturated carbocycles. The molecule has 0 aliphatic carbocycles. The number of carbonyl (C=O) groups excluding carboxylic acids is 1. The van der Waals surface area contributed by atoms with Gasteiger partial charge in [-0.05, 0) is 32.9 Å². The first-order valence-electron chi connectivity index (χ1n) is 9.65. The molecule has 5 rings (SSSR count). The van der Waals surface area contributed by atoms with Crippen molar-refractivity contribution in [1.82, 2.24) is 29.5 Å². The lowest BCUT2D eigenvalue weighted by Crippen LogP contribution is -2.40. The molecule has 150 valence electrons. The number of aromatic nitrogens is 6. The van der Waals surface area contributed by atoms with Crippen LogP contribution in [0.15, 0.2) is 36.9 Å². The van der Waals surface area contributed by atoms with Crippen LogP contribution in [0.5, 0.6) is 0 Å². The summed E-state index contributed by atoms with van der Waals surface area (Å²) in [4.78, 5) is 34.6. The standard InChI is InChI=1S/C21H20N8O/c1-4-29-18(13-8-23-11(2)24-9-13)28-17-16(25-10-26-19(17)29)12-5-6-15-14(7-12)21(3,22)20(30)27-15/h5-10H,4,22H2,1-3H3,(H,27,30). The predicted octanol–water partition coefficient (Wildman–Crippen LogP) is 2.40. The number of hydrogen-bond donors (Lipinski definition) is 2. The second-order valence-corrected chi connectivity index (χ2v) is 7.51. The number of amides is 1. The molecule has 1 atom stereocenters. The molecule has 9 heteroatoms. The zero-order chi connectivity index (χ0) is 21.0. The fourth-order valence-electron chi connectivity index (χ4n) is 3.78. The summed E-state index contributed by atoms with van der Waals surface area (Å²) in [5, 5.41) is 2.82. The average molecular weight is 400 g/mol. The normalized spacial score (nSPS) is 17.9. The van der Waals surface area contributed by atoms with E-state index in [2.05, 4.69) is 25.3 Å². The lowest BCUT2D eigenvalue weighted by molar-refractivity contribution is -0.120. The number of nitrogens with two attached hydrogens (primary N) is 1. The molecular formula is C21H20N8O. The van der Waals surface area contributed by atoms with Gasteiger partial charge in [0.25, 0.3) is 0 Å². The maximum atomic E-state index is 12.2. The third kappa shape index (κ3) is 2.59. The van der Waals surface area contributed by atoms with E-state index in [1.54, 1.807) is 19.3 Å². The average Bonchev–Trinajstić information content (AvgIpc) is 3.23. The number of aryl methyl sites for hydroxylation is 2. The molecule has 1 amide bonds. The minimum absolute atomic E-state index is 0.223. The molecule has 1 unspecified atom stereocenters. The van der Waals surface area contributed by atoms with Crippen molar-refractivity contribution in [3.63, 3.8) is 0 Å². The Kier molecular flexibility index (Phi) is 3.90. The van der Waals surface area contributed by atoms with E-state index in [1.807, 2.05) is 36.6 Å². The summed E-state index contributed by atoms with van der Waals surface area (Å²) in [6, 6.07) is 5.65. The highest BCUT2D eigenvalue weighted by Crippen LogP contribution is 2.38. The van der Waals surface area contributed by atoms with E-state index in [1.165, 1.54) is 6.33 Å². The van der Waals surface area contributed by atoms with Crippen LogP contribution in [0.2, 0.25) is 0 Å². The highest BCUT2D eigenvalue weighted by atomic mass is 16.2. The molecule has 0 radical (unpaired) electrons. The largest absolute Gasteiger partial charge is 0.324 e. The van der Waals surface area contributed by atoms with Gasteiger partial charge in [-0.2, -0.15) is 0 Å². The Bertz CT molecular complexity index is 1310. The monoisotopic (exact) mass is 400 g/mol. The van der Waals surface area contributed by atoms with Crippen molar-refractivity contribution in [2.24, 2.45) is 5.73 Å². The van der Waals surface area contributed by atoms with Gasteiger partial charge in [0, 0.05) is 35.8 Å². The van der Waals surface area contributed by atoms with Crippen LogP contribution in [0.3, 0.4) is 0 Å². The molecule has 0 spiro atoms. The molecule has 9 nitrogen and oxygen atoms in total. The smallest absolute Gasteiger partial charge is 0.248 e. The Balaban J connectivity index is 1.71. The van der Waals surface area contributed by atoms with Crippen LogP contribution >= 0.6 is 0 Å². The summed E-state index contributed by atoms with van der Waals surface area (Å²) in [6.45, 7) is 6.26. The number of imidazole rings is 1. The zero-order valence-electron chi connectivity index (χ0n) is 16.8. The van der Waals surface area contributed by atoms with Crippen LogP contribution in [-0.2, 0) is 16.9 Å². The van der Waals surface area contributed by atoms with Gasteiger partial charge < -0.3 is 15.6 Å². The Morgan fingerprint density at radius 2 is 1.90 bits per heavy atom. The van der Waals surface area contributed by atoms with E-state index in [-0.39, 0.29) is 5.91 Å². The summed E-state index contributed by atoms with van der Waals surface area (Å²) < 4.78 is 2.01. The SMILES string of the molecule is CCn1c(-c2cnc(C)nc2)nc2c(-c3ccc4c(c3)C(C)(N)C(=O)N4)ncnc21. The number of hydrogen-bond acceptors (Lipinski definition) is 7. The van der Waals surface area contributed by atoms with Crippen molar-refractivity contribution in [1.29, 1.82) is 0 Å². The number of rotatable bonds is 3. The fraction of sp³-hybridized carbons (Fsp3) is 0.238. The van der Waals surface area contributed by atoms with Gasteiger partial charge in [0.1, 0.15) is 34.7 Å². The van der Waals surface area contributed by atoms with E-state index < -0.39 is 5.54 Å². The fourth-order valence-corrected chi connectivity index (χ4v) is 3.78. The molecule has 0 bridgehead atoms. The molecule has 3 aromatic heterocycles.